The van der Waals surface area contributed by atoms with Gasteiger partial charge in [0.05, 0.1) is 15.0 Å². The zero-order valence-corrected chi connectivity index (χ0v) is 18.8. The van der Waals surface area contributed by atoms with Gasteiger partial charge in [0.2, 0.25) is 0 Å². The van der Waals surface area contributed by atoms with E-state index in [0.717, 1.165) is 11.1 Å². The van der Waals surface area contributed by atoms with E-state index in [9.17, 15) is 9.59 Å². The summed E-state index contributed by atoms with van der Waals surface area (Å²) < 4.78 is 6.20. The number of nitrogens with zero attached hydrogens (tertiary/aromatic N) is 1. The van der Waals surface area contributed by atoms with E-state index in [0.29, 0.717) is 44.6 Å². The van der Waals surface area contributed by atoms with Crippen LogP contribution in [-0.2, 0) is 16.2 Å². The van der Waals surface area contributed by atoms with Crippen LogP contribution < -0.4 is 4.74 Å². The van der Waals surface area contributed by atoms with Gasteiger partial charge in [0, 0.05) is 13.0 Å². The quantitative estimate of drug-likeness (QED) is 0.388. The number of benzene rings is 2. The number of carbonyl (C=O) groups is 2. The van der Waals surface area contributed by atoms with Crippen molar-refractivity contribution in [2.45, 2.75) is 19.4 Å². The molecule has 2 aromatic rings. The molecule has 0 radical (unpaired) electrons. The molecular weight excluding hydrogens is 465 g/mol. The molecule has 0 unspecified atom stereocenters. The van der Waals surface area contributed by atoms with Crippen molar-refractivity contribution in [3.63, 3.8) is 0 Å². The molecule has 1 N–H and O–H groups in total. The number of hydrogen-bond acceptors (Lipinski definition) is 5. The lowest BCUT2D eigenvalue weighted by atomic mass is 10.2. The summed E-state index contributed by atoms with van der Waals surface area (Å²) in [4.78, 5) is 25.1. The number of rotatable bonds is 8. The molecule has 0 spiro atoms. The Morgan fingerprint density at radius 1 is 1.17 bits per heavy atom. The molecule has 0 atom stereocenters. The monoisotopic (exact) mass is 481 g/mol. The van der Waals surface area contributed by atoms with Crippen LogP contribution in [0.1, 0.15) is 24.0 Å². The third kappa shape index (κ3) is 5.98. The van der Waals surface area contributed by atoms with E-state index in [4.69, 9.17) is 45.3 Å². The predicted molar refractivity (Wildman–Crippen MR) is 124 cm³/mol. The smallest absolute Gasteiger partial charge is 0.303 e. The zero-order chi connectivity index (χ0) is 21.7. The van der Waals surface area contributed by atoms with E-state index in [2.05, 4.69) is 0 Å². The highest BCUT2D eigenvalue weighted by atomic mass is 35.5. The SMILES string of the molecule is O=C(O)CCCN1C(=O)/C(=C/c2ccc(OCc3ccc(Cl)c(Cl)c3)cc2)SC1=S. The van der Waals surface area contributed by atoms with Gasteiger partial charge in [0.15, 0.2) is 0 Å². The second kappa shape index (κ2) is 10.3. The van der Waals surface area contributed by atoms with Crippen molar-refractivity contribution < 1.29 is 19.4 Å². The molecule has 3 rings (SSSR count). The van der Waals surface area contributed by atoms with Crippen molar-refractivity contribution >= 4 is 69.5 Å². The van der Waals surface area contributed by atoms with Crippen LogP contribution in [0.15, 0.2) is 47.4 Å². The maximum absolute atomic E-state index is 12.5. The van der Waals surface area contributed by atoms with E-state index < -0.39 is 5.97 Å². The molecule has 1 fully saturated rings. The highest BCUT2D eigenvalue weighted by Gasteiger charge is 2.31. The van der Waals surface area contributed by atoms with Crippen LogP contribution in [0, 0.1) is 0 Å². The number of ether oxygens (including phenoxy) is 1. The van der Waals surface area contributed by atoms with Crippen LogP contribution in [0.4, 0.5) is 0 Å². The summed E-state index contributed by atoms with van der Waals surface area (Å²) >= 11 is 18.4. The average Bonchev–Trinajstić information content (AvgIpc) is 2.97. The normalized spacial score (nSPS) is 15.1. The van der Waals surface area contributed by atoms with Crippen molar-refractivity contribution in [3.05, 3.63) is 68.5 Å². The van der Waals surface area contributed by atoms with Gasteiger partial charge >= 0.3 is 5.97 Å². The van der Waals surface area contributed by atoms with E-state index in [1.807, 2.05) is 30.3 Å². The number of carbonyl (C=O) groups excluding carboxylic acids is 1. The molecule has 1 heterocycles. The maximum Gasteiger partial charge on any atom is 0.303 e. The molecule has 9 heteroatoms. The molecule has 0 aliphatic carbocycles. The molecule has 1 aliphatic rings. The number of aliphatic carboxylic acids is 1. The third-order valence-corrected chi connectivity index (χ3v) is 6.33. The van der Waals surface area contributed by atoms with Gasteiger partial charge in [-0.25, -0.2) is 0 Å². The fraction of sp³-hybridized carbons (Fsp3) is 0.190. The van der Waals surface area contributed by atoms with Gasteiger partial charge < -0.3 is 9.84 Å². The third-order valence-electron chi connectivity index (χ3n) is 4.21. The first kappa shape index (κ1) is 22.6. The van der Waals surface area contributed by atoms with Gasteiger partial charge in [-0.2, -0.15) is 0 Å². The molecule has 0 bridgehead atoms. The number of halogens is 2. The Hall–Kier alpha value is -2.06. The van der Waals surface area contributed by atoms with E-state index in [-0.39, 0.29) is 12.3 Å². The van der Waals surface area contributed by atoms with E-state index >= 15 is 0 Å². The number of hydrogen-bond donors (Lipinski definition) is 1. The van der Waals surface area contributed by atoms with Crippen LogP contribution in [0.5, 0.6) is 5.75 Å². The second-order valence-corrected chi connectivity index (χ2v) is 8.93. The van der Waals surface area contributed by atoms with Crippen LogP contribution in [0.25, 0.3) is 6.08 Å². The molecule has 30 heavy (non-hydrogen) atoms. The Balaban J connectivity index is 1.59. The minimum absolute atomic E-state index is 0.000203. The molecule has 1 saturated heterocycles. The van der Waals surface area contributed by atoms with Crippen molar-refractivity contribution in [2.75, 3.05) is 6.54 Å². The Bertz CT molecular complexity index is 1010. The standard InChI is InChI=1S/C21H17Cl2NO4S2/c22-16-8-5-14(10-17(16)23)12-28-15-6-3-13(4-7-15)11-18-20(27)24(21(29)30-18)9-1-2-19(25)26/h3-8,10-11H,1-2,9,12H2,(H,25,26)/b18-11-. The van der Waals surface area contributed by atoms with Gasteiger partial charge in [-0.1, -0.05) is 65.4 Å². The molecule has 1 amide bonds. The lowest BCUT2D eigenvalue weighted by Gasteiger charge is -2.13. The minimum Gasteiger partial charge on any atom is -0.489 e. The fourth-order valence-corrected chi connectivity index (χ4v) is 4.32. The maximum atomic E-state index is 12.5. The number of amides is 1. The van der Waals surface area contributed by atoms with Crippen molar-refractivity contribution in [1.82, 2.24) is 4.90 Å². The van der Waals surface area contributed by atoms with Gasteiger partial charge in [-0.3, -0.25) is 14.5 Å². The Morgan fingerprint density at radius 2 is 1.90 bits per heavy atom. The number of carboxylic acids is 1. The van der Waals surface area contributed by atoms with Crippen LogP contribution in [0.3, 0.4) is 0 Å². The van der Waals surface area contributed by atoms with Crippen molar-refractivity contribution in [1.29, 1.82) is 0 Å². The van der Waals surface area contributed by atoms with Gasteiger partial charge in [0.25, 0.3) is 5.91 Å². The highest BCUT2D eigenvalue weighted by molar-refractivity contribution is 8.26. The van der Waals surface area contributed by atoms with E-state index in [1.165, 1.54) is 16.7 Å². The summed E-state index contributed by atoms with van der Waals surface area (Å²) in [6, 6.07) is 12.7. The summed E-state index contributed by atoms with van der Waals surface area (Å²) in [6.45, 7) is 0.654. The summed E-state index contributed by atoms with van der Waals surface area (Å²) in [5, 5.41) is 9.72. The molecular formula is C21H17Cl2NO4S2. The summed E-state index contributed by atoms with van der Waals surface area (Å²) in [6.07, 6.45) is 2.12. The molecule has 0 saturated carbocycles. The Kier molecular flexibility index (Phi) is 7.77. The average molecular weight is 482 g/mol. The molecule has 0 aromatic heterocycles. The first-order valence-corrected chi connectivity index (χ1v) is 11.0. The molecule has 2 aromatic carbocycles. The topological polar surface area (TPSA) is 66.8 Å². The Labute approximate surface area is 193 Å². The lowest BCUT2D eigenvalue weighted by molar-refractivity contribution is -0.137. The predicted octanol–water partition coefficient (Wildman–Crippen LogP) is 5.64. The molecule has 156 valence electrons. The van der Waals surface area contributed by atoms with Crippen molar-refractivity contribution in [3.8, 4) is 5.75 Å². The second-order valence-electron chi connectivity index (χ2n) is 6.44. The number of thiocarbonyl (C=S) groups is 1. The van der Waals surface area contributed by atoms with E-state index in [1.54, 1.807) is 18.2 Å². The van der Waals surface area contributed by atoms with Crippen LogP contribution in [0.2, 0.25) is 10.0 Å². The minimum atomic E-state index is -0.891. The van der Waals surface area contributed by atoms with Gasteiger partial charge in [-0.05, 0) is 47.9 Å². The zero-order valence-electron chi connectivity index (χ0n) is 15.6. The highest BCUT2D eigenvalue weighted by Crippen LogP contribution is 2.33. The first-order chi connectivity index (χ1) is 14.3. The lowest BCUT2D eigenvalue weighted by Crippen LogP contribution is -2.29. The van der Waals surface area contributed by atoms with Gasteiger partial charge in [0.1, 0.15) is 16.7 Å². The largest absolute Gasteiger partial charge is 0.489 e. The number of thioether (sulfide) groups is 1. The summed E-state index contributed by atoms with van der Waals surface area (Å²) in [5.41, 5.74) is 1.74. The van der Waals surface area contributed by atoms with Crippen LogP contribution >= 0.6 is 47.2 Å². The molecule has 5 nitrogen and oxygen atoms in total. The molecule has 1 aliphatic heterocycles. The van der Waals surface area contributed by atoms with Crippen LogP contribution in [-0.4, -0.2) is 32.7 Å². The fourth-order valence-electron chi connectivity index (χ4n) is 2.69. The van der Waals surface area contributed by atoms with Crippen molar-refractivity contribution in [2.24, 2.45) is 0 Å². The summed E-state index contributed by atoms with van der Waals surface area (Å²) in [5.74, 6) is -0.410. The first-order valence-electron chi connectivity index (χ1n) is 8.97. The Morgan fingerprint density at radius 3 is 2.57 bits per heavy atom. The number of carboxylic acid groups (broad SMARTS) is 1. The van der Waals surface area contributed by atoms with Gasteiger partial charge in [-0.15, -0.1) is 0 Å². The summed E-state index contributed by atoms with van der Waals surface area (Å²) in [7, 11) is 0.